The van der Waals surface area contributed by atoms with E-state index in [1.807, 2.05) is 6.92 Å². The summed E-state index contributed by atoms with van der Waals surface area (Å²) in [5.41, 5.74) is 0.244. The lowest BCUT2D eigenvalue weighted by Gasteiger charge is -2.17. The Morgan fingerprint density at radius 3 is 2.54 bits per heavy atom. The van der Waals surface area contributed by atoms with Gasteiger partial charge in [0, 0.05) is 11.1 Å². The number of hydrogen-bond donors (Lipinski definition) is 1. The second-order valence-electron chi connectivity index (χ2n) is 5.25. The predicted octanol–water partition coefficient (Wildman–Crippen LogP) is 4.20. The summed E-state index contributed by atoms with van der Waals surface area (Å²) in [4.78, 5) is 22.5. The number of nitro groups is 1. The van der Waals surface area contributed by atoms with Gasteiger partial charge in [-0.1, -0.05) is 36.7 Å². The number of carbonyl (C=O) groups excluding carboxylic acids is 1. The summed E-state index contributed by atoms with van der Waals surface area (Å²) in [5.74, 6) is -1.25. The molecule has 0 bridgehead atoms. The van der Waals surface area contributed by atoms with E-state index in [-0.39, 0.29) is 11.6 Å². The molecule has 2 aromatic rings. The van der Waals surface area contributed by atoms with E-state index in [9.17, 15) is 19.3 Å². The number of amides is 1. The molecule has 1 N–H and O–H groups in total. The second-order valence-corrected chi connectivity index (χ2v) is 5.69. The number of nitro benzene ring substituents is 1. The number of nitrogens with zero attached hydrogens (tertiary/aromatic N) is 1. The van der Waals surface area contributed by atoms with Crippen LogP contribution in [0.3, 0.4) is 0 Å². The molecule has 1 amide bonds. The lowest BCUT2D eigenvalue weighted by molar-refractivity contribution is -0.385. The highest BCUT2D eigenvalue weighted by Crippen LogP contribution is 2.23. The van der Waals surface area contributed by atoms with Crippen LogP contribution in [0.5, 0.6) is 0 Å². The van der Waals surface area contributed by atoms with E-state index >= 15 is 0 Å². The highest BCUT2D eigenvalue weighted by Gasteiger charge is 2.21. The summed E-state index contributed by atoms with van der Waals surface area (Å²) in [7, 11) is 0. The van der Waals surface area contributed by atoms with Gasteiger partial charge in [0.15, 0.2) is 0 Å². The molecule has 0 unspecified atom stereocenters. The van der Waals surface area contributed by atoms with Gasteiger partial charge < -0.3 is 5.32 Å². The van der Waals surface area contributed by atoms with Crippen LogP contribution in [-0.4, -0.2) is 10.8 Å². The Balaban J connectivity index is 2.15. The van der Waals surface area contributed by atoms with Gasteiger partial charge in [0.05, 0.1) is 22.9 Å². The molecular weight excluding hydrogens is 335 g/mol. The lowest BCUT2D eigenvalue weighted by Crippen LogP contribution is -2.30. The summed E-state index contributed by atoms with van der Waals surface area (Å²) in [6.07, 6.45) is 0.222. The minimum atomic E-state index is -0.765. The van der Waals surface area contributed by atoms with E-state index in [0.717, 1.165) is 11.6 Å². The van der Waals surface area contributed by atoms with Crippen molar-refractivity contribution in [3.63, 3.8) is 0 Å². The highest BCUT2D eigenvalue weighted by atomic mass is 35.5. The van der Waals surface area contributed by atoms with Gasteiger partial charge in [-0.2, -0.15) is 0 Å². The van der Waals surface area contributed by atoms with Crippen molar-refractivity contribution in [3.05, 3.63) is 74.5 Å². The van der Waals surface area contributed by atoms with Gasteiger partial charge in [-0.15, -0.1) is 0 Å². The maximum Gasteiger partial charge on any atom is 0.276 e. The van der Waals surface area contributed by atoms with Gasteiger partial charge in [-0.3, -0.25) is 14.9 Å². The minimum absolute atomic E-state index is 0.217. The molecule has 0 heterocycles. The molecular formula is C17H16ClFN2O3. The smallest absolute Gasteiger partial charge is 0.276 e. The van der Waals surface area contributed by atoms with Crippen LogP contribution in [-0.2, 0) is 11.2 Å². The molecule has 2 aromatic carbocycles. The topological polar surface area (TPSA) is 72.2 Å². The molecule has 24 heavy (non-hydrogen) atoms. The Hall–Kier alpha value is -2.47. The fraction of sp³-hybridized carbons (Fsp3) is 0.235. The van der Waals surface area contributed by atoms with E-state index in [0.29, 0.717) is 11.4 Å². The fourth-order valence-electron chi connectivity index (χ4n) is 2.42. The maximum atomic E-state index is 13.9. The first kappa shape index (κ1) is 17.9. The van der Waals surface area contributed by atoms with Gasteiger partial charge in [0.1, 0.15) is 5.82 Å². The van der Waals surface area contributed by atoms with Crippen LogP contribution in [0.4, 0.5) is 10.1 Å². The van der Waals surface area contributed by atoms with E-state index in [1.165, 1.54) is 12.1 Å². The molecule has 1 atom stereocenters. The van der Waals surface area contributed by atoms with Crippen LogP contribution in [0.15, 0.2) is 42.5 Å². The van der Waals surface area contributed by atoms with E-state index in [2.05, 4.69) is 5.32 Å². The number of rotatable bonds is 6. The minimum Gasteiger partial charge on any atom is -0.349 e. The Morgan fingerprint density at radius 2 is 1.96 bits per heavy atom. The zero-order chi connectivity index (χ0) is 17.7. The van der Waals surface area contributed by atoms with Gasteiger partial charge >= 0.3 is 0 Å². The number of benzene rings is 2. The SMILES string of the molecule is CC[C@H](NC(=O)Cc1c(F)cccc1[N+](=O)[O-])c1ccc(Cl)cc1. The van der Waals surface area contributed by atoms with Crippen molar-refractivity contribution in [1.29, 1.82) is 0 Å². The third kappa shape index (κ3) is 4.29. The van der Waals surface area contributed by atoms with E-state index < -0.39 is 28.8 Å². The molecule has 0 aliphatic carbocycles. The average molecular weight is 351 g/mol. The molecule has 0 aliphatic heterocycles. The van der Waals surface area contributed by atoms with E-state index in [4.69, 9.17) is 11.6 Å². The zero-order valence-electron chi connectivity index (χ0n) is 13.0. The molecule has 0 saturated carbocycles. The summed E-state index contributed by atoms with van der Waals surface area (Å²) >= 11 is 5.84. The molecule has 0 spiro atoms. The predicted molar refractivity (Wildman–Crippen MR) is 89.4 cm³/mol. The maximum absolute atomic E-state index is 13.9. The van der Waals surface area contributed by atoms with Crippen LogP contribution < -0.4 is 5.32 Å². The zero-order valence-corrected chi connectivity index (χ0v) is 13.7. The van der Waals surface area contributed by atoms with Crippen LogP contribution in [0.25, 0.3) is 0 Å². The van der Waals surface area contributed by atoms with Crippen molar-refractivity contribution in [3.8, 4) is 0 Å². The number of nitrogens with one attached hydrogen (secondary N) is 1. The van der Waals surface area contributed by atoms with Crippen molar-refractivity contribution in [1.82, 2.24) is 5.32 Å². The van der Waals surface area contributed by atoms with Crippen LogP contribution >= 0.6 is 11.6 Å². The second kappa shape index (κ2) is 7.88. The Bertz CT molecular complexity index is 750. The molecule has 0 fully saturated rings. The number of halogens is 2. The van der Waals surface area contributed by atoms with Crippen LogP contribution in [0, 0.1) is 15.9 Å². The van der Waals surface area contributed by atoms with Gasteiger partial charge in [0.2, 0.25) is 5.91 Å². The first-order valence-corrected chi connectivity index (χ1v) is 7.76. The van der Waals surface area contributed by atoms with Crippen molar-refractivity contribution >= 4 is 23.2 Å². The molecule has 126 valence electrons. The van der Waals surface area contributed by atoms with Gasteiger partial charge in [0.25, 0.3) is 5.69 Å². The van der Waals surface area contributed by atoms with Gasteiger partial charge in [-0.05, 0) is 30.2 Å². The molecule has 0 saturated heterocycles. The Morgan fingerprint density at radius 1 is 1.29 bits per heavy atom. The standard InChI is InChI=1S/C17H16ClFN2O3/c1-2-15(11-6-8-12(18)9-7-11)20-17(22)10-13-14(19)4-3-5-16(13)21(23)24/h3-9,15H,2,10H2,1H3,(H,20,22)/t15-/m0/s1. The average Bonchev–Trinajstić information content (AvgIpc) is 2.55. The molecule has 5 nitrogen and oxygen atoms in total. The Labute approximate surface area is 143 Å². The normalized spacial score (nSPS) is 11.8. The van der Waals surface area contributed by atoms with Crippen molar-refractivity contribution in [2.75, 3.05) is 0 Å². The first-order valence-electron chi connectivity index (χ1n) is 7.39. The van der Waals surface area contributed by atoms with Crippen molar-refractivity contribution in [2.45, 2.75) is 25.8 Å². The number of carbonyl (C=O) groups is 1. The molecule has 0 aromatic heterocycles. The fourth-order valence-corrected chi connectivity index (χ4v) is 2.54. The Kier molecular flexibility index (Phi) is 5.87. The summed E-state index contributed by atoms with van der Waals surface area (Å²) in [6.45, 7) is 1.89. The van der Waals surface area contributed by atoms with Crippen LogP contribution in [0.1, 0.15) is 30.5 Å². The largest absolute Gasteiger partial charge is 0.349 e. The molecule has 0 radical (unpaired) electrons. The summed E-state index contributed by atoms with van der Waals surface area (Å²) < 4.78 is 13.9. The molecule has 7 heteroatoms. The lowest BCUT2D eigenvalue weighted by atomic mass is 10.0. The quantitative estimate of drug-likeness (QED) is 0.627. The number of hydrogen-bond acceptors (Lipinski definition) is 3. The van der Waals surface area contributed by atoms with Crippen molar-refractivity contribution in [2.24, 2.45) is 0 Å². The molecule has 0 aliphatic rings. The summed E-state index contributed by atoms with van der Waals surface area (Å²) in [6, 6.07) is 10.3. The van der Waals surface area contributed by atoms with E-state index in [1.54, 1.807) is 24.3 Å². The van der Waals surface area contributed by atoms with Gasteiger partial charge in [-0.25, -0.2) is 4.39 Å². The third-order valence-corrected chi connectivity index (χ3v) is 3.90. The van der Waals surface area contributed by atoms with Crippen LogP contribution in [0.2, 0.25) is 5.02 Å². The first-order chi connectivity index (χ1) is 11.4. The summed E-state index contributed by atoms with van der Waals surface area (Å²) in [5, 5.41) is 14.3. The molecule has 2 rings (SSSR count). The third-order valence-electron chi connectivity index (χ3n) is 3.64. The van der Waals surface area contributed by atoms with Crippen molar-refractivity contribution < 1.29 is 14.1 Å². The highest BCUT2D eigenvalue weighted by molar-refractivity contribution is 6.30. The monoisotopic (exact) mass is 350 g/mol.